The molecule has 0 heterocycles. The number of guanidine groups is 1. The summed E-state index contributed by atoms with van der Waals surface area (Å²) in [4.78, 5) is 4.35. The number of nitrogens with one attached hydrogen (secondary N) is 2. The zero-order valence-electron chi connectivity index (χ0n) is 16.0. The molecule has 1 saturated carbocycles. The van der Waals surface area contributed by atoms with Gasteiger partial charge in [-0.25, -0.2) is 0 Å². The third-order valence-electron chi connectivity index (χ3n) is 4.40. The molecule has 0 amide bonds. The molecule has 5 nitrogen and oxygen atoms in total. The van der Waals surface area contributed by atoms with E-state index in [0.29, 0.717) is 12.6 Å². The van der Waals surface area contributed by atoms with E-state index in [4.69, 9.17) is 9.47 Å². The minimum Gasteiger partial charge on any atom is -0.493 e. The zero-order chi connectivity index (χ0) is 17.9. The number of rotatable bonds is 9. The lowest BCUT2D eigenvalue weighted by molar-refractivity contribution is 0.172. The fourth-order valence-corrected chi connectivity index (χ4v) is 3.79. The molecule has 0 aromatic heterocycles. The highest BCUT2D eigenvalue weighted by atomic mass is 127. The van der Waals surface area contributed by atoms with E-state index in [1.807, 2.05) is 30.9 Å². The molecule has 0 saturated heterocycles. The lowest BCUT2D eigenvalue weighted by Crippen LogP contribution is -2.42. The molecule has 0 bridgehead atoms. The van der Waals surface area contributed by atoms with Crippen LogP contribution in [0.25, 0.3) is 0 Å². The van der Waals surface area contributed by atoms with Crippen LogP contribution in [0.1, 0.15) is 31.2 Å². The van der Waals surface area contributed by atoms with Crippen molar-refractivity contribution in [2.24, 2.45) is 4.99 Å². The Bertz CT molecular complexity index is 545. The van der Waals surface area contributed by atoms with Crippen molar-refractivity contribution in [3.05, 3.63) is 29.8 Å². The third-order valence-corrected chi connectivity index (χ3v) is 5.50. The Morgan fingerprint density at radius 3 is 2.85 bits per heavy atom. The average Bonchev–Trinajstić information content (AvgIpc) is 3.10. The van der Waals surface area contributed by atoms with Gasteiger partial charge in [0.15, 0.2) is 5.96 Å². The normalized spacial score (nSPS) is 19.7. The van der Waals surface area contributed by atoms with Gasteiger partial charge in [0.05, 0.1) is 6.61 Å². The largest absolute Gasteiger partial charge is 0.493 e. The minimum atomic E-state index is 0. The maximum absolute atomic E-state index is 5.76. The number of aliphatic imine (C=N–C) groups is 1. The van der Waals surface area contributed by atoms with Crippen molar-refractivity contribution < 1.29 is 9.47 Å². The highest BCUT2D eigenvalue weighted by Gasteiger charge is 2.24. The Morgan fingerprint density at radius 2 is 2.15 bits per heavy atom. The monoisotopic (exact) mass is 493 g/mol. The molecule has 1 aliphatic carbocycles. The molecule has 0 radical (unpaired) electrons. The van der Waals surface area contributed by atoms with Gasteiger partial charge in [-0.15, -0.1) is 24.0 Å². The maximum Gasteiger partial charge on any atom is 0.191 e. The number of ether oxygens (including phenoxy) is 2. The third kappa shape index (κ3) is 8.35. The molecule has 2 atom stereocenters. The van der Waals surface area contributed by atoms with Gasteiger partial charge >= 0.3 is 0 Å². The fourth-order valence-electron chi connectivity index (χ4n) is 3.00. The van der Waals surface area contributed by atoms with E-state index >= 15 is 0 Å². The Morgan fingerprint density at radius 1 is 1.31 bits per heavy atom. The zero-order valence-corrected chi connectivity index (χ0v) is 19.1. The van der Waals surface area contributed by atoms with Gasteiger partial charge in [0, 0.05) is 45.0 Å². The van der Waals surface area contributed by atoms with E-state index in [1.165, 1.54) is 24.8 Å². The Labute approximate surface area is 179 Å². The summed E-state index contributed by atoms with van der Waals surface area (Å²) >= 11 is 1.97. The number of thioether (sulfide) groups is 1. The molecule has 1 aliphatic rings. The smallest absolute Gasteiger partial charge is 0.191 e. The molecule has 1 fully saturated rings. The number of halogens is 1. The van der Waals surface area contributed by atoms with E-state index in [1.54, 1.807) is 7.11 Å². The molecule has 26 heavy (non-hydrogen) atoms. The van der Waals surface area contributed by atoms with E-state index in [-0.39, 0.29) is 24.0 Å². The fraction of sp³-hybridized carbons (Fsp3) is 0.632. The summed E-state index contributed by atoms with van der Waals surface area (Å²) in [6.45, 7) is 2.13. The first-order chi connectivity index (χ1) is 12.2. The van der Waals surface area contributed by atoms with Crippen LogP contribution in [0.2, 0.25) is 0 Å². The number of hydrogen-bond donors (Lipinski definition) is 2. The predicted octanol–water partition coefficient (Wildman–Crippen LogP) is 3.67. The van der Waals surface area contributed by atoms with Gasteiger partial charge in [0.25, 0.3) is 0 Å². The number of benzene rings is 1. The molecule has 1 aromatic carbocycles. The van der Waals surface area contributed by atoms with Gasteiger partial charge in [-0.1, -0.05) is 12.1 Å². The van der Waals surface area contributed by atoms with Crippen molar-refractivity contribution in [1.29, 1.82) is 0 Å². The van der Waals surface area contributed by atoms with Gasteiger partial charge < -0.3 is 20.1 Å². The van der Waals surface area contributed by atoms with Crippen LogP contribution in [-0.2, 0) is 11.3 Å². The van der Waals surface area contributed by atoms with Crippen LogP contribution in [-0.4, -0.2) is 50.9 Å². The van der Waals surface area contributed by atoms with Gasteiger partial charge in [-0.05, 0) is 43.2 Å². The lowest BCUT2D eigenvalue weighted by atomic mass is 10.2. The van der Waals surface area contributed by atoms with Gasteiger partial charge in [0.2, 0.25) is 0 Å². The summed E-state index contributed by atoms with van der Waals surface area (Å²) in [5.41, 5.74) is 1.18. The molecule has 2 rings (SSSR count). The molecule has 148 valence electrons. The molecule has 2 unspecified atom stereocenters. The second kappa shape index (κ2) is 13.5. The molecule has 7 heteroatoms. The summed E-state index contributed by atoms with van der Waals surface area (Å²) in [7, 11) is 3.53. The van der Waals surface area contributed by atoms with Gasteiger partial charge in [-0.3, -0.25) is 4.99 Å². The second-order valence-electron chi connectivity index (χ2n) is 6.28. The quantitative estimate of drug-likeness (QED) is 0.238. The van der Waals surface area contributed by atoms with E-state index in [2.05, 4.69) is 34.0 Å². The van der Waals surface area contributed by atoms with Crippen LogP contribution in [0.15, 0.2) is 29.3 Å². The highest BCUT2D eigenvalue weighted by Crippen LogP contribution is 2.28. The summed E-state index contributed by atoms with van der Waals surface area (Å²) < 4.78 is 10.8. The summed E-state index contributed by atoms with van der Waals surface area (Å²) in [5, 5.41) is 7.73. The van der Waals surface area contributed by atoms with Crippen molar-refractivity contribution in [2.75, 3.05) is 33.6 Å². The molecule has 2 N–H and O–H groups in total. The summed E-state index contributed by atoms with van der Waals surface area (Å²) in [6.07, 6.45) is 6.82. The molecular weight excluding hydrogens is 461 g/mol. The Kier molecular flexibility index (Phi) is 12.1. The summed E-state index contributed by atoms with van der Waals surface area (Å²) in [5.74, 6) is 1.77. The Balaban J connectivity index is 0.00000338. The lowest BCUT2D eigenvalue weighted by Gasteiger charge is -2.17. The van der Waals surface area contributed by atoms with Crippen molar-refractivity contribution in [2.45, 2.75) is 43.5 Å². The molecule has 1 aromatic rings. The summed E-state index contributed by atoms with van der Waals surface area (Å²) in [6, 6.07) is 8.72. The molecule has 0 spiro atoms. The van der Waals surface area contributed by atoms with Crippen molar-refractivity contribution in [3.63, 3.8) is 0 Å². The number of nitrogens with zero attached hydrogens (tertiary/aromatic N) is 1. The van der Waals surface area contributed by atoms with E-state index in [9.17, 15) is 0 Å². The van der Waals surface area contributed by atoms with Crippen LogP contribution in [0.3, 0.4) is 0 Å². The highest BCUT2D eigenvalue weighted by molar-refractivity contribution is 14.0. The van der Waals surface area contributed by atoms with E-state index in [0.717, 1.165) is 36.5 Å². The van der Waals surface area contributed by atoms with Crippen LogP contribution in [0.5, 0.6) is 5.75 Å². The van der Waals surface area contributed by atoms with Crippen LogP contribution in [0, 0.1) is 0 Å². The predicted molar refractivity (Wildman–Crippen MR) is 122 cm³/mol. The molecular formula is C19H32IN3O2S. The SMILES string of the molecule is CN=C(NCc1cccc(OCCCOC)c1)NC1CCC(SC)C1.I. The first-order valence-electron chi connectivity index (χ1n) is 8.95. The first kappa shape index (κ1) is 23.4. The average molecular weight is 493 g/mol. The van der Waals surface area contributed by atoms with Crippen LogP contribution < -0.4 is 15.4 Å². The van der Waals surface area contributed by atoms with Crippen molar-refractivity contribution in [1.82, 2.24) is 10.6 Å². The standard InChI is InChI=1S/C19H31N3O2S.HI/c1-20-19(22-16-8-9-18(13-16)25-3)21-14-15-6-4-7-17(12-15)24-11-5-10-23-2;/h4,6-7,12,16,18H,5,8-11,13-14H2,1-3H3,(H2,20,21,22);1H. The number of methoxy groups -OCH3 is 1. The van der Waals surface area contributed by atoms with Gasteiger partial charge in [-0.2, -0.15) is 11.8 Å². The topological polar surface area (TPSA) is 54.9 Å². The van der Waals surface area contributed by atoms with Crippen molar-refractivity contribution >= 4 is 41.7 Å². The minimum absolute atomic E-state index is 0. The Hall–Kier alpha value is -0.670. The van der Waals surface area contributed by atoms with E-state index < -0.39 is 0 Å². The van der Waals surface area contributed by atoms with Crippen LogP contribution in [0.4, 0.5) is 0 Å². The van der Waals surface area contributed by atoms with Gasteiger partial charge in [0.1, 0.15) is 5.75 Å². The number of hydrogen-bond acceptors (Lipinski definition) is 4. The first-order valence-corrected chi connectivity index (χ1v) is 10.2. The second-order valence-corrected chi connectivity index (χ2v) is 7.42. The molecule has 0 aliphatic heterocycles. The van der Waals surface area contributed by atoms with Crippen molar-refractivity contribution in [3.8, 4) is 5.75 Å². The van der Waals surface area contributed by atoms with Crippen LogP contribution >= 0.6 is 35.7 Å². The maximum atomic E-state index is 5.76.